The molecule has 1 fully saturated rings. The van der Waals surface area contributed by atoms with Crippen LogP contribution in [0.15, 0.2) is 42.5 Å². The van der Waals surface area contributed by atoms with Gasteiger partial charge in [-0.1, -0.05) is 53.0 Å². The van der Waals surface area contributed by atoms with Crippen LogP contribution < -0.4 is 5.32 Å². The van der Waals surface area contributed by atoms with Crippen molar-refractivity contribution in [1.29, 1.82) is 0 Å². The number of halogens is 2. The average molecular weight is 436 g/mol. The summed E-state index contributed by atoms with van der Waals surface area (Å²) in [5, 5.41) is 3.82. The predicted molar refractivity (Wildman–Crippen MR) is 119 cm³/mol. The number of nitrogens with one attached hydrogen (secondary N) is 1. The van der Waals surface area contributed by atoms with Gasteiger partial charge in [0.1, 0.15) is 0 Å². The number of carbonyl (C=O) groups is 1. The zero-order valence-electron chi connectivity index (χ0n) is 16.7. The lowest BCUT2D eigenvalue weighted by Crippen LogP contribution is -2.40. The van der Waals surface area contributed by atoms with E-state index in [2.05, 4.69) is 41.4 Å². The molecule has 1 aliphatic heterocycles. The Morgan fingerprint density at radius 2 is 1.83 bits per heavy atom. The molecule has 7 heteroatoms. The predicted octanol–water partition coefficient (Wildman–Crippen LogP) is 5.06. The van der Waals surface area contributed by atoms with E-state index in [1.165, 1.54) is 5.56 Å². The first kappa shape index (κ1) is 21.9. The van der Waals surface area contributed by atoms with E-state index in [0.717, 1.165) is 44.8 Å². The Balaban J connectivity index is 1.63. The molecular weight excluding hydrogens is 409 g/mol. The van der Waals surface area contributed by atoms with E-state index in [4.69, 9.17) is 27.9 Å². The van der Waals surface area contributed by atoms with Gasteiger partial charge in [-0.25, -0.2) is 4.79 Å². The van der Waals surface area contributed by atoms with Gasteiger partial charge in [0.2, 0.25) is 0 Å². The maximum atomic E-state index is 13.0. The maximum Gasteiger partial charge on any atom is 0.322 e. The average Bonchev–Trinajstić information content (AvgIpc) is 2.72. The number of urea groups is 1. The third-order valence-corrected chi connectivity index (χ3v) is 5.70. The third kappa shape index (κ3) is 6.89. The van der Waals surface area contributed by atoms with Gasteiger partial charge >= 0.3 is 6.03 Å². The van der Waals surface area contributed by atoms with E-state index < -0.39 is 0 Å². The minimum absolute atomic E-state index is 0.147. The highest BCUT2D eigenvalue weighted by Gasteiger charge is 2.16. The second-order valence-corrected chi connectivity index (χ2v) is 8.09. The molecule has 1 saturated heterocycles. The molecule has 0 spiro atoms. The summed E-state index contributed by atoms with van der Waals surface area (Å²) in [4.78, 5) is 17.2. The maximum absolute atomic E-state index is 13.0. The van der Waals surface area contributed by atoms with Crippen molar-refractivity contribution in [2.45, 2.75) is 19.9 Å². The molecule has 0 aliphatic carbocycles. The Hall–Kier alpha value is -1.79. The number of anilines is 1. The van der Waals surface area contributed by atoms with Gasteiger partial charge in [0.25, 0.3) is 0 Å². The summed E-state index contributed by atoms with van der Waals surface area (Å²) < 4.78 is 5.40. The van der Waals surface area contributed by atoms with Crippen LogP contribution in [0.5, 0.6) is 0 Å². The zero-order valence-corrected chi connectivity index (χ0v) is 18.2. The van der Waals surface area contributed by atoms with Crippen LogP contribution in [0.1, 0.15) is 17.5 Å². The summed E-state index contributed by atoms with van der Waals surface area (Å²) in [6.45, 7) is 7.69. The van der Waals surface area contributed by atoms with Crippen molar-refractivity contribution >= 4 is 34.9 Å². The van der Waals surface area contributed by atoms with Crippen LogP contribution in [0.2, 0.25) is 10.0 Å². The van der Waals surface area contributed by atoms with Crippen molar-refractivity contribution in [3.05, 3.63) is 63.6 Å². The molecule has 5 nitrogen and oxygen atoms in total. The number of benzene rings is 2. The number of rotatable bonds is 7. The fourth-order valence-corrected chi connectivity index (χ4v) is 3.55. The van der Waals surface area contributed by atoms with E-state index in [0.29, 0.717) is 28.8 Å². The Morgan fingerprint density at radius 3 is 2.52 bits per heavy atom. The van der Waals surface area contributed by atoms with Crippen LogP contribution in [0, 0.1) is 6.92 Å². The summed E-state index contributed by atoms with van der Waals surface area (Å²) in [5.41, 5.74) is 2.94. The van der Waals surface area contributed by atoms with E-state index in [1.54, 1.807) is 18.2 Å². The second-order valence-electron chi connectivity index (χ2n) is 7.27. The van der Waals surface area contributed by atoms with Gasteiger partial charge in [-0.2, -0.15) is 0 Å². The van der Waals surface area contributed by atoms with Crippen molar-refractivity contribution in [3.8, 4) is 0 Å². The largest absolute Gasteiger partial charge is 0.379 e. The number of nitrogens with zero attached hydrogens (tertiary/aromatic N) is 2. The Bertz CT molecular complexity index is 808. The number of morpholine rings is 1. The Kier molecular flexibility index (Phi) is 8.19. The first-order valence-electron chi connectivity index (χ1n) is 9.88. The molecule has 1 N–H and O–H groups in total. The fourth-order valence-electron chi connectivity index (χ4n) is 3.25. The second kappa shape index (κ2) is 10.8. The molecule has 2 aromatic rings. The number of hydrogen-bond donors (Lipinski definition) is 1. The Morgan fingerprint density at radius 1 is 1.10 bits per heavy atom. The molecule has 0 unspecified atom stereocenters. The van der Waals surface area contributed by atoms with Crippen molar-refractivity contribution < 1.29 is 9.53 Å². The van der Waals surface area contributed by atoms with Crippen LogP contribution in [0.3, 0.4) is 0 Å². The fraction of sp³-hybridized carbons (Fsp3) is 0.409. The van der Waals surface area contributed by atoms with Gasteiger partial charge in [0.15, 0.2) is 0 Å². The molecule has 1 heterocycles. The van der Waals surface area contributed by atoms with Gasteiger partial charge < -0.3 is 15.0 Å². The third-order valence-electron chi connectivity index (χ3n) is 4.96. The normalized spacial score (nSPS) is 14.6. The van der Waals surface area contributed by atoms with Crippen molar-refractivity contribution in [2.24, 2.45) is 0 Å². The molecule has 0 atom stereocenters. The Labute approximate surface area is 182 Å². The molecule has 1 aliphatic rings. The lowest BCUT2D eigenvalue weighted by atomic mass is 10.1. The molecule has 0 radical (unpaired) electrons. The monoisotopic (exact) mass is 435 g/mol. The van der Waals surface area contributed by atoms with Crippen molar-refractivity contribution in [1.82, 2.24) is 9.80 Å². The summed E-state index contributed by atoms with van der Waals surface area (Å²) in [6.07, 6.45) is 0.903. The van der Waals surface area contributed by atoms with Gasteiger partial charge in [-0.3, -0.25) is 4.90 Å². The molecule has 29 heavy (non-hydrogen) atoms. The van der Waals surface area contributed by atoms with E-state index in [-0.39, 0.29) is 6.03 Å². The van der Waals surface area contributed by atoms with Gasteiger partial charge in [-0.15, -0.1) is 0 Å². The van der Waals surface area contributed by atoms with Crippen LogP contribution in [-0.4, -0.2) is 55.2 Å². The minimum Gasteiger partial charge on any atom is -0.379 e. The summed E-state index contributed by atoms with van der Waals surface area (Å²) in [6, 6.07) is 13.2. The van der Waals surface area contributed by atoms with E-state index >= 15 is 0 Å². The molecule has 0 aromatic heterocycles. The number of ether oxygens (including phenoxy) is 1. The number of aryl methyl sites for hydroxylation is 1. The van der Waals surface area contributed by atoms with Gasteiger partial charge in [-0.05, 0) is 37.1 Å². The number of hydrogen-bond acceptors (Lipinski definition) is 3. The first-order chi connectivity index (χ1) is 14.0. The van der Waals surface area contributed by atoms with Crippen LogP contribution in [0.25, 0.3) is 0 Å². The summed E-state index contributed by atoms with van der Waals surface area (Å²) >= 11 is 12.1. The van der Waals surface area contributed by atoms with E-state index in [1.807, 2.05) is 4.90 Å². The molecular formula is C22H27Cl2N3O2. The SMILES string of the molecule is Cc1ccc(CN(CCCN2CCOCC2)C(=O)Nc2ccc(Cl)c(Cl)c2)cc1. The smallest absolute Gasteiger partial charge is 0.322 e. The zero-order chi connectivity index (χ0) is 20.6. The lowest BCUT2D eigenvalue weighted by molar-refractivity contribution is 0.0365. The first-order valence-corrected chi connectivity index (χ1v) is 10.6. The molecule has 0 saturated carbocycles. The van der Waals surface area contributed by atoms with Gasteiger partial charge in [0, 0.05) is 38.4 Å². The molecule has 156 valence electrons. The molecule has 0 bridgehead atoms. The molecule has 2 aromatic carbocycles. The summed E-state index contributed by atoms with van der Waals surface area (Å²) in [5.74, 6) is 0. The topological polar surface area (TPSA) is 44.8 Å². The van der Waals surface area contributed by atoms with E-state index in [9.17, 15) is 4.79 Å². The van der Waals surface area contributed by atoms with Crippen LogP contribution >= 0.6 is 23.2 Å². The summed E-state index contributed by atoms with van der Waals surface area (Å²) in [7, 11) is 0. The highest BCUT2D eigenvalue weighted by molar-refractivity contribution is 6.42. The van der Waals surface area contributed by atoms with Crippen LogP contribution in [0.4, 0.5) is 10.5 Å². The molecule has 2 amide bonds. The lowest BCUT2D eigenvalue weighted by Gasteiger charge is -2.28. The van der Waals surface area contributed by atoms with Crippen molar-refractivity contribution in [2.75, 3.05) is 44.7 Å². The number of carbonyl (C=O) groups excluding carboxylic acids is 1. The van der Waals surface area contributed by atoms with Crippen LogP contribution in [-0.2, 0) is 11.3 Å². The van der Waals surface area contributed by atoms with Gasteiger partial charge in [0.05, 0.1) is 23.3 Å². The quantitative estimate of drug-likeness (QED) is 0.660. The number of amides is 2. The highest BCUT2D eigenvalue weighted by Crippen LogP contribution is 2.25. The standard InChI is InChI=1S/C22H27Cl2N3O2/c1-17-3-5-18(6-4-17)16-27(10-2-9-26-11-13-29-14-12-26)22(28)25-19-7-8-20(23)21(24)15-19/h3-8,15H,2,9-14,16H2,1H3,(H,25,28). The highest BCUT2D eigenvalue weighted by atomic mass is 35.5. The van der Waals surface area contributed by atoms with Crippen molar-refractivity contribution in [3.63, 3.8) is 0 Å². The minimum atomic E-state index is -0.147. The molecule has 3 rings (SSSR count).